The number of hydrogen-bond donors (Lipinski definition) is 0. The van der Waals surface area contributed by atoms with E-state index in [0.29, 0.717) is 0 Å². The molecule has 1 aliphatic heterocycles. The monoisotopic (exact) mass is 210 g/mol. The Morgan fingerprint density at radius 2 is 2.12 bits per heavy atom. The fraction of sp³-hybridized carbons (Fsp3) is 0.0714. The van der Waals surface area contributed by atoms with Gasteiger partial charge in [-0.1, -0.05) is 31.9 Å². The number of fused-ring (bicyclic) bond motifs is 1. The summed E-state index contributed by atoms with van der Waals surface area (Å²) in [7, 11) is 1.97. The molecule has 0 bridgehead atoms. The first-order valence-electron chi connectivity index (χ1n) is 5.06. The molecule has 2 heterocycles. The zero-order chi connectivity index (χ0) is 11.7. The van der Waals surface area contributed by atoms with Crippen molar-refractivity contribution in [3.63, 3.8) is 0 Å². The van der Waals surface area contributed by atoms with Crippen LogP contribution in [0.4, 0.5) is 5.69 Å². The third kappa shape index (κ3) is 1.39. The van der Waals surface area contributed by atoms with Crippen LogP contribution >= 0.6 is 0 Å². The van der Waals surface area contributed by atoms with E-state index in [1.54, 1.807) is 12.3 Å². The van der Waals surface area contributed by atoms with Crippen molar-refractivity contribution < 1.29 is 0 Å². The number of likely N-dealkylation sites (N-methyl/N-ethyl adjacent to an activating group) is 1. The van der Waals surface area contributed by atoms with Gasteiger partial charge in [0.05, 0.1) is 11.9 Å². The van der Waals surface area contributed by atoms with Crippen molar-refractivity contribution in [3.8, 4) is 0 Å². The van der Waals surface area contributed by atoms with Crippen LogP contribution in [-0.4, -0.2) is 12.0 Å². The van der Waals surface area contributed by atoms with Crippen molar-refractivity contribution in [1.29, 1.82) is 0 Å². The maximum absolute atomic E-state index is 4.14. The van der Waals surface area contributed by atoms with E-state index < -0.39 is 0 Å². The van der Waals surface area contributed by atoms with Gasteiger partial charge in [0.25, 0.3) is 0 Å². The van der Waals surface area contributed by atoms with Gasteiger partial charge in [-0.2, -0.15) is 0 Å². The molecule has 1 aromatic rings. The van der Waals surface area contributed by atoms with Crippen molar-refractivity contribution in [2.45, 2.75) is 0 Å². The average molecular weight is 210 g/mol. The predicted octanol–water partition coefficient (Wildman–Crippen LogP) is 3.17. The Labute approximate surface area is 95.9 Å². The second-order valence-corrected chi connectivity index (χ2v) is 3.69. The SMILES string of the molecule is C=CC=C1C(=C)C(=C)N(C)c2cnccc21. The molecule has 0 spiro atoms. The maximum atomic E-state index is 4.14. The second kappa shape index (κ2) is 3.81. The smallest absolute Gasteiger partial charge is 0.0674 e. The number of anilines is 1. The summed E-state index contributed by atoms with van der Waals surface area (Å²) in [6.07, 6.45) is 7.34. The fourth-order valence-corrected chi connectivity index (χ4v) is 1.86. The Morgan fingerprint density at radius 3 is 2.81 bits per heavy atom. The van der Waals surface area contributed by atoms with Crippen LogP contribution in [0.25, 0.3) is 5.57 Å². The largest absolute Gasteiger partial charge is 0.343 e. The third-order valence-corrected chi connectivity index (χ3v) is 2.81. The van der Waals surface area contributed by atoms with E-state index >= 15 is 0 Å². The summed E-state index contributed by atoms with van der Waals surface area (Å²) < 4.78 is 0. The molecular weight excluding hydrogens is 196 g/mol. The highest BCUT2D eigenvalue weighted by molar-refractivity contribution is 5.94. The quantitative estimate of drug-likeness (QED) is 0.707. The van der Waals surface area contributed by atoms with Gasteiger partial charge in [-0.25, -0.2) is 0 Å². The molecule has 0 amide bonds. The zero-order valence-electron chi connectivity index (χ0n) is 9.40. The van der Waals surface area contributed by atoms with Gasteiger partial charge in [-0.15, -0.1) is 0 Å². The molecule has 0 aromatic carbocycles. The molecule has 0 aliphatic carbocycles. The molecule has 2 heteroatoms. The number of pyridine rings is 1. The summed E-state index contributed by atoms with van der Waals surface area (Å²) >= 11 is 0. The minimum atomic E-state index is 0.897. The van der Waals surface area contributed by atoms with Gasteiger partial charge in [-0.05, 0) is 17.2 Å². The highest BCUT2D eigenvalue weighted by atomic mass is 15.1. The topological polar surface area (TPSA) is 16.1 Å². The minimum Gasteiger partial charge on any atom is -0.343 e. The Hall–Kier alpha value is -2.09. The van der Waals surface area contributed by atoms with Crippen LogP contribution in [-0.2, 0) is 0 Å². The van der Waals surface area contributed by atoms with E-state index in [-0.39, 0.29) is 0 Å². The van der Waals surface area contributed by atoms with Gasteiger partial charge >= 0.3 is 0 Å². The van der Waals surface area contributed by atoms with Crippen LogP contribution in [0.15, 0.2) is 61.6 Å². The second-order valence-electron chi connectivity index (χ2n) is 3.69. The van der Waals surface area contributed by atoms with Crippen LogP contribution in [0.1, 0.15) is 5.56 Å². The van der Waals surface area contributed by atoms with E-state index in [1.807, 2.05) is 30.3 Å². The summed E-state index contributed by atoms with van der Waals surface area (Å²) in [6.45, 7) is 11.8. The third-order valence-electron chi connectivity index (χ3n) is 2.81. The summed E-state index contributed by atoms with van der Waals surface area (Å²) in [5, 5.41) is 0. The first-order chi connectivity index (χ1) is 7.66. The molecule has 1 aliphatic rings. The van der Waals surface area contributed by atoms with E-state index in [1.165, 1.54) is 0 Å². The van der Waals surface area contributed by atoms with Crippen molar-refractivity contribution in [2.24, 2.45) is 0 Å². The molecule has 0 saturated carbocycles. The summed E-state index contributed by atoms with van der Waals surface area (Å²) in [6, 6.07) is 1.98. The lowest BCUT2D eigenvalue weighted by Crippen LogP contribution is -2.23. The predicted molar refractivity (Wildman–Crippen MR) is 69.1 cm³/mol. The highest BCUT2D eigenvalue weighted by Gasteiger charge is 2.23. The van der Waals surface area contributed by atoms with Gasteiger partial charge in [0, 0.05) is 24.5 Å². The summed E-state index contributed by atoms with van der Waals surface area (Å²) in [5.41, 5.74) is 5.06. The number of nitrogens with zero attached hydrogens (tertiary/aromatic N) is 2. The molecule has 16 heavy (non-hydrogen) atoms. The molecular formula is C14H14N2. The van der Waals surface area contributed by atoms with Crippen LogP contribution in [0.5, 0.6) is 0 Å². The molecule has 0 unspecified atom stereocenters. The Morgan fingerprint density at radius 1 is 1.38 bits per heavy atom. The average Bonchev–Trinajstić information content (AvgIpc) is 2.32. The standard InChI is InChI=1S/C14H14N2/c1-5-6-12-10(2)11(3)16(4)14-9-15-8-7-13(12)14/h5-9H,1-3H2,4H3. The Balaban J connectivity index is 2.71. The summed E-state index contributed by atoms with van der Waals surface area (Å²) in [5.74, 6) is 0. The van der Waals surface area contributed by atoms with Crippen molar-refractivity contribution in [2.75, 3.05) is 11.9 Å². The molecule has 0 saturated heterocycles. The van der Waals surface area contributed by atoms with Gasteiger partial charge in [0.2, 0.25) is 0 Å². The Kier molecular flexibility index (Phi) is 2.49. The molecule has 1 aromatic heterocycles. The molecule has 0 radical (unpaired) electrons. The van der Waals surface area contributed by atoms with Crippen molar-refractivity contribution >= 4 is 11.3 Å². The first-order valence-corrected chi connectivity index (χ1v) is 5.06. The fourth-order valence-electron chi connectivity index (χ4n) is 1.86. The van der Waals surface area contributed by atoms with Gasteiger partial charge in [-0.3, -0.25) is 4.98 Å². The summed E-state index contributed by atoms with van der Waals surface area (Å²) in [4.78, 5) is 6.14. The number of allylic oxidation sites excluding steroid dienone is 3. The van der Waals surface area contributed by atoms with Crippen molar-refractivity contribution in [3.05, 3.63) is 67.2 Å². The van der Waals surface area contributed by atoms with E-state index in [9.17, 15) is 0 Å². The molecule has 0 atom stereocenters. The lowest BCUT2D eigenvalue weighted by molar-refractivity contribution is 1.08. The van der Waals surface area contributed by atoms with Crippen LogP contribution in [0.3, 0.4) is 0 Å². The number of rotatable bonds is 1. The first kappa shape index (κ1) is 10.4. The zero-order valence-corrected chi connectivity index (χ0v) is 9.40. The van der Waals surface area contributed by atoms with E-state index in [0.717, 1.165) is 28.1 Å². The lowest BCUT2D eigenvalue weighted by atomic mass is 9.91. The van der Waals surface area contributed by atoms with E-state index in [4.69, 9.17) is 0 Å². The minimum absolute atomic E-state index is 0.897. The maximum Gasteiger partial charge on any atom is 0.0674 e. The lowest BCUT2D eigenvalue weighted by Gasteiger charge is -2.32. The normalized spacial score (nSPS) is 17.6. The number of aromatic nitrogens is 1. The highest BCUT2D eigenvalue weighted by Crippen LogP contribution is 2.40. The molecule has 80 valence electrons. The van der Waals surface area contributed by atoms with Crippen LogP contribution in [0.2, 0.25) is 0 Å². The van der Waals surface area contributed by atoms with Gasteiger partial charge in [0.15, 0.2) is 0 Å². The van der Waals surface area contributed by atoms with Crippen LogP contribution < -0.4 is 4.90 Å². The van der Waals surface area contributed by atoms with Crippen LogP contribution in [0, 0.1) is 0 Å². The number of hydrogen-bond acceptors (Lipinski definition) is 2. The van der Waals surface area contributed by atoms with Crippen molar-refractivity contribution in [1.82, 2.24) is 4.98 Å². The molecule has 2 rings (SSSR count). The molecule has 0 N–H and O–H groups in total. The van der Waals surface area contributed by atoms with Gasteiger partial charge in [0.1, 0.15) is 0 Å². The molecule has 2 nitrogen and oxygen atoms in total. The molecule has 0 fully saturated rings. The van der Waals surface area contributed by atoms with E-state index in [2.05, 4.69) is 24.7 Å². The van der Waals surface area contributed by atoms with Gasteiger partial charge < -0.3 is 4.90 Å². The Bertz CT molecular complexity index is 509.